The molecule has 2 aromatic carbocycles. The highest BCUT2D eigenvalue weighted by Gasteiger charge is 2.29. The predicted octanol–water partition coefficient (Wildman–Crippen LogP) is 6.31. The molecule has 1 aliphatic heterocycles. The van der Waals surface area contributed by atoms with Gasteiger partial charge in [-0.2, -0.15) is 0 Å². The topological polar surface area (TPSA) is 60.5 Å². The number of rotatable bonds is 10. The van der Waals surface area contributed by atoms with Gasteiger partial charge >= 0.3 is 0 Å². The summed E-state index contributed by atoms with van der Waals surface area (Å²) in [5.74, 6) is 2.78. The van der Waals surface area contributed by atoms with E-state index in [0.717, 1.165) is 74.6 Å². The molecule has 1 amide bonds. The van der Waals surface area contributed by atoms with Crippen LogP contribution >= 0.6 is 0 Å². The smallest absolute Gasteiger partial charge is 0.222 e. The highest BCUT2D eigenvalue weighted by molar-refractivity contribution is 5.77. The minimum absolute atomic E-state index is 0.256. The number of likely N-dealkylation sites (tertiary alicyclic amines) is 1. The van der Waals surface area contributed by atoms with Crippen molar-refractivity contribution < 1.29 is 13.9 Å². The number of fused-ring (bicyclic) bond motifs is 1. The molecule has 2 atom stereocenters. The molecule has 1 saturated heterocycles. The Morgan fingerprint density at radius 2 is 1.97 bits per heavy atom. The maximum Gasteiger partial charge on any atom is 0.222 e. The Balaban J connectivity index is 1.22. The number of amides is 1. The predicted molar refractivity (Wildman–Crippen MR) is 146 cm³/mol. The number of para-hydroxylation sites is 2. The fraction of sp³-hybridized carbons (Fsp3) is 0.419. The average molecular weight is 500 g/mol. The van der Waals surface area contributed by atoms with E-state index < -0.39 is 0 Å². The maximum absolute atomic E-state index is 13.3. The van der Waals surface area contributed by atoms with Crippen LogP contribution in [0.1, 0.15) is 49.9 Å². The average Bonchev–Trinajstić information content (AvgIpc) is 3.58. The zero-order chi connectivity index (χ0) is 25.6. The molecule has 6 nitrogen and oxygen atoms in total. The summed E-state index contributed by atoms with van der Waals surface area (Å²) >= 11 is 0. The second kappa shape index (κ2) is 11.8. The Morgan fingerprint density at radius 1 is 1.14 bits per heavy atom. The van der Waals surface area contributed by atoms with Gasteiger partial charge in [0, 0.05) is 51.3 Å². The van der Waals surface area contributed by atoms with Gasteiger partial charge in [-0.1, -0.05) is 43.3 Å². The summed E-state index contributed by atoms with van der Waals surface area (Å²) in [6.07, 6.45) is 6.17. The summed E-state index contributed by atoms with van der Waals surface area (Å²) in [5, 5.41) is 0. The van der Waals surface area contributed by atoms with Crippen molar-refractivity contribution in [3.63, 3.8) is 0 Å². The fourth-order valence-electron chi connectivity index (χ4n) is 5.57. The van der Waals surface area contributed by atoms with E-state index in [1.807, 2.05) is 18.2 Å². The van der Waals surface area contributed by atoms with Crippen molar-refractivity contribution in [2.24, 2.45) is 5.92 Å². The molecule has 0 saturated carbocycles. The molecule has 0 aliphatic carbocycles. The molecule has 5 rings (SSSR count). The Hall–Kier alpha value is -3.38. The first-order chi connectivity index (χ1) is 18.1. The van der Waals surface area contributed by atoms with E-state index >= 15 is 0 Å². The number of furan rings is 1. The molecular weight excluding hydrogens is 462 g/mol. The zero-order valence-electron chi connectivity index (χ0n) is 21.9. The van der Waals surface area contributed by atoms with Crippen molar-refractivity contribution in [1.29, 1.82) is 0 Å². The molecule has 3 heterocycles. The van der Waals surface area contributed by atoms with E-state index in [4.69, 9.17) is 14.1 Å². The summed E-state index contributed by atoms with van der Waals surface area (Å²) in [7, 11) is 1.74. The van der Waals surface area contributed by atoms with Crippen LogP contribution in [0.25, 0.3) is 22.4 Å². The Kier molecular flexibility index (Phi) is 8.05. The van der Waals surface area contributed by atoms with Gasteiger partial charge in [0.25, 0.3) is 0 Å². The van der Waals surface area contributed by atoms with Crippen LogP contribution in [-0.4, -0.2) is 47.2 Å². The van der Waals surface area contributed by atoms with Crippen molar-refractivity contribution in [3.05, 3.63) is 78.3 Å². The van der Waals surface area contributed by atoms with Gasteiger partial charge in [-0.05, 0) is 61.4 Å². The largest absolute Gasteiger partial charge is 0.464 e. The molecule has 0 N–H and O–H groups in total. The van der Waals surface area contributed by atoms with E-state index in [0.29, 0.717) is 6.42 Å². The Bertz CT molecular complexity index is 1290. The van der Waals surface area contributed by atoms with Crippen LogP contribution in [0.3, 0.4) is 0 Å². The van der Waals surface area contributed by atoms with E-state index in [-0.39, 0.29) is 17.7 Å². The van der Waals surface area contributed by atoms with E-state index in [1.54, 1.807) is 13.4 Å². The minimum Gasteiger partial charge on any atom is -0.464 e. The summed E-state index contributed by atoms with van der Waals surface area (Å²) in [6.45, 7) is 5.37. The van der Waals surface area contributed by atoms with Crippen LogP contribution in [0.2, 0.25) is 0 Å². The number of imidazole rings is 1. The molecule has 194 valence electrons. The molecule has 4 aromatic rings. The van der Waals surface area contributed by atoms with Gasteiger partial charge in [-0.3, -0.25) is 4.79 Å². The third-order valence-electron chi connectivity index (χ3n) is 7.42. The second-order valence-corrected chi connectivity index (χ2v) is 10.3. The monoisotopic (exact) mass is 499 g/mol. The third-order valence-corrected chi connectivity index (χ3v) is 7.42. The molecule has 37 heavy (non-hydrogen) atoms. The standard InChI is InChI=1S/C31H37N3O3/c1-23(20-24-12-14-25(15-13-24)29-11-6-19-37-29)21-30(35)33-16-5-8-26(22-33)31-32-27-9-3-4-10-28(27)34(31)17-7-18-36-2/h3-4,6,9-15,19,23,26H,5,7-8,16-18,20-22H2,1-2H3/t23-,26-/m1/s1. The van der Waals surface area contributed by atoms with Gasteiger partial charge < -0.3 is 18.6 Å². The summed E-state index contributed by atoms with van der Waals surface area (Å²) in [5.41, 5.74) is 4.52. The Labute approximate surface area is 219 Å². The number of aromatic nitrogens is 2. The molecule has 2 aromatic heterocycles. The lowest BCUT2D eigenvalue weighted by Gasteiger charge is -2.33. The normalized spacial score (nSPS) is 16.8. The molecule has 0 bridgehead atoms. The molecule has 0 radical (unpaired) electrons. The van der Waals surface area contributed by atoms with Crippen LogP contribution in [0.5, 0.6) is 0 Å². The van der Waals surface area contributed by atoms with Crippen LogP contribution < -0.4 is 0 Å². The molecule has 6 heteroatoms. The van der Waals surface area contributed by atoms with Crippen molar-refractivity contribution in [2.75, 3.05) is 26.8 Å². The number of ether oxygens (including phenoxy) is 1. The fourth-order valence-corrected chi connectivity index (χ4v) is 5.57. The zero-order valence-corrected chi connectivity index (χ0v) is 21.9. The highest BCUT2D eigenvalue weighted by Crippen LogP contribution is 2.30. The SMILES string of the molecule is COCCCn1c([C@@H]2CCCN(C(=O)C[C@H](C)Cc3ccc(-c4ccco4)cc3)C2)nc2ccccc21. The van der Waals surface area contributed by atoms with Gasteiger partial charge in [0.2, 0.25) is 5.91 Å². The number of hydrogen-bond donors (Lipinski definition) is 0. The summed E-state index contributed by atoms with van der Waals surface area (Å²) in [4.78, 5) is 20.4. The van der Waals surface area contributed by atoms with Crippen LogP contribution in [-0.2, 0) is 22.5 Å². The molecule has 1 fully saturated rings. The van der Waals surface area contributed by atoms with E-state index in [2.05, 4.69) is 58.9 Å². The van der Waals surface area contributed by atoms with Gasteiger partial charge in [-0.25, -0.2) is 4.98 Å². The van der Waals surface area contributed by atoms with Crippen molar-refractivity contribution in [1.82, 2.24) is 14.5 Å². The summed E-state index contributed by atoms with van der Waals surface area (Å²) < 4.78 is 13.1. The lowest BCUT2D eigenvalue weighted by atomic mass is 9.94. The molecule has 0 unspecified atom stereocenters. The number of benzene rings is 2. The minimum atomic E-state index is 0.256. The first-order valence-corrected chi connectivity index (χ1v) is 13.5. The van der Waals surface area contributed by atoms with E-state index in [1.165, 1.54) is 11.1 Å². The number of carbonyl (C=O) groups excluding carboxylic acids is 1. The second-order valence-electron chi connectivity index (χ2n) is 10.3. The summed E-state index contributed by atoms with van der Waals surface area (Å²) in [6, 6.07) is 20.7. The first kappa shape index (κ1) is 25.3. The first-order valence-electron chi connectivity index (χ1n) is 13.5. The maximum atomic E-state index is 13.3. The van der Waals surface area contributed by atoms with Crippen molar-refractivity contribution in [2.45, 2.75) is 51.5 Å². The molecular formula is C31H37N3O3. The van der Waals surface area contributed by atoms with Crippen molar-refractivity contribution in [3.8, 4) is 11.3 Å². The van der Waals surface area contributed by atoms with Crippen LogP contribution in [0.4, 0.5) is 0 Å². The van der Waals surface area contributed by atoms with Crippen LogP contribution in [0.15, 0.2) is 71.3 Å². The number of nitrogens with zero attached hydrogens (tertiary/aromatic N) is 3. The third kappa shape index (κ3) is 5.96. The van der Waals surface area contributed by atoms with Crippen molar-refractivity contribution >= 4 is 16.9 Å². The lowest BCUT2D eigenvalue weighted by molar-refractivity contribution is -0.133. The lowest BCUT2D eigenvalue weighted by Crippen LogP contribution is -2.40. The highest BCUT2D eigenvalue weighted by atomic mass is 16.5. The Morgan fingerprint density at radius 3 is 2.76 bits per heavy atom. The number of carbonyl (C=O) groups is 1. The van der Waals surface area contributed by atoms with E-state index in [9.17, 15) is 4.79 Å². The molecule has 1 aliphatic rings. The van der Waals surface area contributed by atoms with Gasteiger partial charge in [0.05, 0.1) is 17.3 Å². The number of hydrogen-bond acceptors (Lipinski definition) is 4. The van der Waals surface area contributed by atoms with Crippen LogP contribution in [0, 0.1) is 5.92 Å². The number of piperidine rings is 1. The molecule has 0 spiro atoms. The van der Waals surface area contributed by atoms with Gasteiger partial charge in [-0.15, -0.1) is 0 Å². The number of aryl methyl sites for hydroxylation is 1. The number of methoxy groups -OCH3 is 1. The van der Waals surface area contributed by atoms with Gasteiger partial charge in [0.1, 0.15) is 11.6 Å². The van der Waals surface area contributed by atoms with Gasteiger partial charge in [0.15, 0.2) is 0 Å². The quantitative estimate of drug-likeness (QED) is 0.240.